The molecule has 1 atom stereocenters. The van der Waals surface area contributed by atoms with Crippen LogP contribution < -0.4 is 10.2 Å². The van der Waals surface area contributed by atoms with Gasteiger partial charge in [-0.25, -0.2) is 0 Å². The summed E-state index contributed by atoms with van der Waals surface area (Å²) in [5.41, 5.74) is 5.57. The van der Waals surface area contributed by atoms with E-state index in [1.165, 1.54) is 22.4 Å². The SMILES string of the molecule is Cc1ccccc1CN1CC(C(C)C)NCc2ccccc21. The first kappa shape index (κ1) is 15.1. The fraction of sp³-hybridized carbons (Fsp3) is 0.400. The van der Waals surface area contributed by atoms with Crippen LogP contribution in [0.25, 0.3) is 0 Å². The predicted molar refractivity (Wildman–Crippen MR) is 94.1 cm³/mol. The van der Waals surface area contributed by atoms with Gasteiger partial charge < -0.3 is 10.2 Å². The molecule has 0 radical (unpaired) electrons. The van der Waals surface area contributed by atoms with Gasteiger partial charge in [0.2, 0.25) is 0 Å². The number of anilines is 1. The topological polar surface area (TPSA) is 15.3 Å². The van der Waals surface area contributed by atoms with E-state index in [1.54, 1.807) is 0 Å². The quantitative estimate of drug-likeness (QED) is 0.915. The van der Waals surface area contributed by atoms with Gasteiger partial charge in [0.25, 0.3) is 0 Å². The van der Waals surface area contributed by atoms with Crippen molar-refractivity contribution in [3.8, 4) is 0 Å². The van der Waals surface area contributed by atoms with Crippen LogP contribution in [0.1, 0.15) is 30.5 Å². The summed E-state index contributed by atoms with van der Waals surface area (Å²) in [4.78, 5) is 2.54. The van der Waals surface area contributed by atoms with E-state index in [9.17, 15) is 0 Å². The van der Waals surface area contributed by atoms with Gasteiger partial charge in [-0.05, 0) is 35.6 Å². The molecule has 0 saturated carbocycles. The van der Waals surface area contributed by atoms with E-state index in [0.29, 0.717) is 12.0 Å². The Hall–Kier alpha value is -1.80. The van der Waals surface area contributed by atoms with Gasteiger partial charge in [-0.2, -0.15) is 0 Å². The monoisotopic (exact) mass is 294 g/mol. The molecule has 116 valence electrons. The van der Waals surface area contributed by atoms with Crippen LogP contribution in [-0.4, -0.2) is 12.6 Å². The van der Waals surface area contributed by atoms with E-state index in [0.717, 1.165) is 19.6 Å². The lowest BCUT2D eigenvalue weighted by Gasteiger charge is -2.30. The summed E-state index contributed by atoms with van der Waals surface area (Å²) >= 11 is 0. The molecule has 0 bridgehead atoms. The van der Waals surface area contributed by atoms with Crippen molar-refractivity contribution in [3.05, 3.63) is 65.2 Å². The van der Waals surface area contributed by atoms with Gasteiger partial charge in [-0.3, -0.25) is 0 Å². The normalized spacial score (nSPS) is 18.2. The van der Waals surface area contributed by atoms with Gasteiger partial charge in [-0.1, -0.05) is 56.3 Å². The number of nitrogens with zero attached hydrogens (tertiary/aromatic N) is 1. The Bertz CT molecular complexity index is 633. The van der Waals surface area contributed by atoms with Gasteiger partial charge in [0.1, 0.15) is 0 Å². The molecule has 2 aromatic rings. The van der Waals surface area contributed by atoms with Crippen molar-refractivity contribution in [3.63, 3.8) is 0 Å². The minimum Gasteiger partial charge on any atom is -0.365 e. The number of rotatable bonds is 3. The Morgan fingerprint density at radius 2 is 1.82 bits per heavy atom. The van der Waals surface area contributed by atoms with Crippen molar-refractivity contribution < 1.29 is 0 Å². The zero-order chi connectivity index (χ0) is 15.5. The number of fused-ring (bicyclic) bond motifs is 1. The van der Waals surface area contributed by atoms with Gasteiger partial charge in [0.15, 0.2) is 0 Å². The van der Waals surface area contributed by atoms with E-state index < -0.39 is 0 Å². The van der Waals surface area contributed by atoms with Gasteiger partial charge in [0.05, 0.1) is 0 Å². The fourth-order valence-corrected chi connectivity index (χ4v) is 3.20. The molecule has 2 nitrogen and oxygen atoms in total. The van der Waals surface area contributed by atoms with Crippen LogP contribution in [0, 0.1) is 12.8 Å². The second-order valence-corrected chi connectivity index (χ2v) is 6.67. The lowest BCUT2D eigenvalue weighted by molar-refractivity contribution is 0.403. The maximum absolute atomic E-state index is 3.73. The van der Waals surface area contributed by atoms with Crippen molar-refractivity contribution in [1.82, 2.24) is 5.32 Å². The van der Waals surface area contributed by atoms with E-state index in [2.05, 4.69) is 79.5 Å². The summed E-state index contributed by atoms with van der Waals surface area (Å²) in [5.74, 6) is 0.633. The number of hydrogen-bond acceptors (Lipinski definition) is 2. The van der Waals surface area contributed by atoms with Crippen molar-refractivity contribution in [2.24, 2.45) is 5.92 Å². The molecule has 1 aliphatic heterocycles. The lowest BCUT2D eigenvalue weighted by atomic mass is 10.0. The third kappa shape index (κ3) is 3.17. The first-order chi connectivity index (χ1) is 10.6. The molecule has 0 amide bonds. The van der Waals surface area contributed by atoms with E-state index >= 15 is 0 Å². The zero-order valence-corrected chi connectivity index (χ0v) is 13.8. The third-order valence-electron chi connectivity index (χ3n) is 4.73. The summed E-state index contributed by atoms with van der Waals surface area (Å²) in [6.07, 6.45) is 0. The molecule has 1 N–H and O–H groups in total. The van der Waals surface area contributed by atoms with Crippen molar-refractivity contribution in [1.29, 1.82) is 0 Å². The van der Waals surface area contributed by atoms with Crippen LogP contribution in [0.4, 0.5) is 5.69 Å². The second kappa shape index (κ2) is 6.53. The molecule has 2 heteroatoms. The van der Waals surface area contributed by atoms with Gasteiger partial charge in [0, 0.05) is 31.4 Å². The number of para-hydroxylation sites is 1. The molecule has 1 unspecified atom stereocenters. The molecule has 0 aromatic heterocycles. The first-order valence-corrected chi connectivity index (χ1v) is 8.26. The summed E-state index contributed by atoms with van der Waals surface area (Å²) in [7, 11) is 0. The number of nitrogens with one attached hydrogen (secondary N) is 1. The Labute approximate surface area is 134 Å². The molecule has 0 fully saturated rings. The van der Waals surface area contributed by atoms with E-state index in [1.807, 2.05) is 0 Å². The van der Waals surface area contributed by atoms with Gasteiger partial charge >= 0.3 is 0 Å². The Morgan fingerprint density at radius 1 is 1.09 bits per heavy atom. The molecule has 22 heavy (non-hydrogen) atoms. The minimum absolute atomic E-state index is 0.524. The fourth-order valence-electron chi connectivity index (χ4n) is 3.20. The smallest absolute Gasteiger partial charge is 0.0432 e. The molecule has 2 aromatic carbocycles. The number of hydrogen-bond donors (Lipinski definition) is 1. The highest BCUT2D eigenvalue weighted by molar-refractivity contribution is 5.55. The second-order valence-electron chi connectivity index (χ2n) is 6.67. The Kier molecular flexibility index (Phi) is 4.49. The highest BCUT2D eigenvalue weighted by Gasteiger charge is 2.23. The predicted octanol–water partition coefficient (Wildman–Crippen LogP) is 4.13. The minimum atomic E-state index is 0.524. The molecule has 0 spiro atoms. The lowest BCUT2D eigenvalue weighted by Crippen LogP contribution is -2.41. The number of aryl methyl sites for hydroxylation is 1. The molecule has 3 rings (SSSR count). The van der Waals surface area contributed by atoms with Gasteiger partial charge in [-0.15, -0.1) is 0 Å². The van der Waals surface area contributed by atoms with Crippen LogP contribution in [0.2, 0.25) is 0 Å². The molecular formula is C20H26N2. The van der Waals surface area contributed by atoms with E-state index in [-0.39, 0.29) is 0 Å². The van der Waals surface area contributed by atoms with Crippen LogP contribution >= 0.6 is 0 Å². The highest BCUT2D eigenvalue weighted by Crippen LogP contribution is 2.27. The summed E-state index contributed by atoms with van der Waals surface area (Å²) in [5, 5.41) is 3.73. The van der Waals surface area contributed by atoms with Crippen LogP contribution in [-0.2, 0) is 13.1 Å². The van der Waals surface area contributed by atoms with Crippen LogP contribution in [0.5, 0.6) is 0 Å². The van der Waals surface area contributed by atoms with Crippen molar-refractivity contribution in [2.45, 2.75) is 39.9 Å². The first-order valence-electron chi connectivity index (χ1n) is 8.26. The van der Waals surface area contributed by atoms with Crippen molar-refractivity contribution >= 4 is 5.69 Å². The Balaban J connectivity index is 1.93. The highest BCUT2D eigenvalue weighted by atomic mass is 15.2. The molecule has 0 aliphatic carbocycles. The van der Waals surface area contributed by atoms with Crippen molar-refractivity contribution in [2.75, 3.05) is 11.4 Å². The maximum Gasteiger partial charge on any atom is 0.0432 e. The average molecular weight is 294 g/mol. The largest absolute Gasteiger partial charge is 0.365 e. The average Bonchev–Trinajstić information content (AvgIpc) is 2.70. The van der Waals surface area contributed by atoms with Crippen LogP contribution in [0.15, 0.2) is 48.5 Å². The molecule has 1 heterocycles. The molecule has 0 saturated heterocycles. The summed E-state index contributed by atoms with van der Waals surface area (Å²) < 4.78 is 0. The summed E-state index contributed by atoms with van der Waals surface area (Å²) in [6.45, 7) is 9.82. The molecule has 1 aliphatic rings. The van der Waals surface area contributed by atoms with Crippen LogP contribution in [0.3, 0.4) is 0 Å². The molecular weight excluding hydrogens is 268 g/mol. The zero-order valence-electron chi connectivity index (χ0n) is 13.8. The standard InChI is InChI=1S/C20H26N2/c1-15(2)19-14-22(13-18-10-5-4-8-16(18)3)20-11-7-6-9-17(20)12-21-19/h4-11,15,19,21H,12-14H2,1-3H3. The summed E-state index contributed by atoms with van der Waals surface area (Å²) in [6, 6.07) is 18.0. The Morgan fingerprint density at radius 3 is 2.59 bits per heavy atom. The maximum atomic E-state index is 3.73. The number of benzene rings is 2. The van der Waals surface area contributed by atoms with E-state index in [4.69, 9.17) is 0 Å². The third-order valence-corrected chi connectivity index (χ3v) is 4.73.